The molecule has 26 heavy (non-hydrogen) atoms. The Bertz CT molecular complexity index is 808. The van der Waals surface area contributed by atoms with Crippen LogP contribution in [0.25, 0.3) is 0 Å². The van der Waals surface area contributed by atoms with Gasteiger partial charge in [0.1, 0.15) is 5.82 Å². The van der Waals surface area contributed by atoms with Gasteiger partial charge in [0, 0.05) is 11.6 Å². The summed E-state index contributed by atoms with van der Waals surface area (Å²) in [5.41, 5.74) is 0.619. The summed E-state index contributed by atoms with van der Waals surface area (Å²) in [6.45, 7) is 1.21. The Kier molecular flexibility index (Phi) is 4.78. The lowest BCUT2D eigenvalue weighted by Gasteiger charge is -2.40. The van der Waals surface area contributed by atoms with Gasteiger partial charge in [0.15, 0.2) is 10.9 Å². The predicted molar refractivity (Wildman–Crippen MR) is 105 cm³/mol. The number of aliphatic imine (C=N–C) groups is 1. The van der Waals surface area contributed by atoms with Gasteiger partial charge in [-0.05, 0) is 35.4 Å². The second kappa shape index (κ2) is 7.06. The number of hydrogen-bond acceptors (Lipinski definition) is 4. The molecule has 4 rings (SSSR count). The van der Waals surface area contributed by atoms with Crippen LogP contribution in [-0.4, -0.2) is 39.7 Å². The van der Waals surface area contributed by atoms with Gasteiger partial charge < -0.3 is 10.0 Å². The molecule has 0 saturated carbocycles. The first-order chi connectivity index (χ1) is 12.6. The van der Waals surface area contributed by atoms with Gasteiger partial charge in [-0.2, -0.15) is 0 Å². The van der Waals surface area contributed by atoms with Crippen molar-refractivity contribution in [3.05, 3.63) is 82.6 Å². The molecular weight excluding hydrogens is 371 g/mol. The van der Waals surface area contributed by atoms with Crippen molar-refractivity contribution in [1.29, 1.82) is 0 Å². The molecular formula is C20H18ClFN2OS. The van der Waals surface area contributed by atoms with E-state index in [9.17, 15) is 9.50 Å². The molecule has 0 spiro atoms. The van der Waals surface area contributed by atoms with Gasteiger partial charge in [-0.15, -0.1) is 0 Å². The summed E-state index contributed by atoms with van der Waals surface area (Å²) in [6.07, 6.45) is 4.03. The molecule has 6 heteroatoms. The van der Waals surface area contributed by atoms with Crippen LogP contribution >= 0.6 is 23.4 Å². The molecule has 0 bridgehead atoms. The third-order valence-electron chi connectivity index (χ3n) is 4.77. The van der Waals surface area contributed by atoms with Crippen LogP contribution in [0.4, 0.5) is 4.39 Å². The second-order valence-corrected chi connectivity index (χ2v) is 7.79. The number of nitrogens with zero attached hydrogens (tertiary/aromatic N) is 2. The van der Waals surface area contributed by atoms with E-state index in [-0.39, 0.29) is 11.7 Å². The number of fused-ring (bicyclic) bond motifs is 1. The van der Waals surface area contributed by atoms with Crippen molar-refractivity contribution in [2.75, 3.05) is 18.8 Å². The first-order valence-corrected chi connectivity index (χ1v) is 9.77. The lowest BCUT2D eigenvalue weighted by molar-refractivity contribution is -0.0503. The van der Waals surface area contributed by atoms with E-state index in [0.717, 1.165) is 16.3 Å². The van der Waals surface area contributed by atoms with Gasteiger partial charge in [-0.3, -0.25) is 4.99 Å². The van der Waals surface area contributed by atoms with Gasteiger partial charge in [-0.25, -0.2) is 4.39 Å². The smallest absolute Gasteiger partial charge is 0.162 e. The fourth-order valence-corrected chi connectivity index (χ4v) is 4.86. The lowest BCUT2D eigenvalue weighted by atomic mass is 9.82. The third-order valence-corrected chi connectivity index (χ3v) is 6.20. The highest BCUT2D eigenvalue weighted by molar-refractivity contribution is 8.14. The van der Waals surface area contributed by atoms with Crippen LogP contribution < -0.4 is 0 Å². The fraction of sp³-hybridized carbons (Fsp3) is 0.250. The van der Waals surface area contributed by atoms with Crippen LogP contribution in [0, 0.1) is 5.82 Å². The minimum Gasteiger partial charge on any atom is -0.369 e. The van der Waals surface area contributed by atoms with E-state index in [1.54, 1.807) is 23.9 Å². The largest absolute Gasteiger partial charge is 0.369 e. The maximum Gasteiger partial charge on any atom is 0.162 e. The highest BCUT2D eigenvalue weighted by atomic mass is 35.5. The molecule has 0 aliphatic carbocycles. The van der Waals surface area contributed by atoms with Crippen LogP contribution in [-0.2, 0) is 0 Å². The minimum absolute atomic E-state index is 0.295. The first kappa shape index (κ1) is 17.6. The molecule has 0 aromatic heterocycles. The average molecular weight is 389 g/mol. The van der Waals surface area contributed by atoms with Gasteiger partial charge in [-0.1, -0.05) is 59.8 Å². The highest BCUT2D eigenvalue weighted by Gasteiger charge is 2.50. The Hall–Kier alpha value is -1.82. The molecule has 134 valence electrons. The predicted octanol–water partition coefficient (Wildman–Crippen LogP) is 4.27. The van der Waals surface area contributed by atoms with Crippen molar-refractivity contribution >= 4 is 28.5 Å². The summed E-state index contributed by atoms with van der Waals surface area (Å²) in [6, 6.07) is 13.8. The molecule has 0 radical (unpaired) electrons. The highest BCUT2D eigenvalue weighted by Crippen LogP contribution is 2.45. The Morgan fingerprint density at radius 3 is 2.42 bits per heavy atom. The van der Waals surface area contributed by atoms with Crippen molar-refractivity contribution in [2.45, 2.75) is 11.6 Å². The number of aliphatic hydroxyl groups is 1. The Morgan fingerprint density at radius 2 is 1.73 bits per heavy atom. The quantitative estimate of drug-likeness (QED) is 0.797. The molecule has 2 heterocycles. The normalized spacial score (nSPS) is 23.3. The number of benzene rings is 2. The standard InChI is InChI=1S/C20H18ClFN2OS/c21-16-7-3-14(4-8-16)18(15-5-9-17(22)10-6-15)20(25)13-26-19-23-11-1-2-12-24(19)20/h1-10,18,25H,11-13H2. The van der Waals surface area contributed by atoms with Crippen LogP contribution in [0.2, 0.25) is 5.02 Å². The zero-order valence-electron chi connectivity index (χ0n) is 14.0. The van der Waals surface area contributed by atoms with Gasteiger partial charge in [0.2, 0.25) is 0 Å². The fourth-order valence-electron chi connectivity index (χ4n) is 3.52. The molecule has 2 unspecified atom stereocenters. The first-order valence-electron chi connectivity index (χ1n) is 8.41. The van der Waals surface area contributed by atoms with Crippen molar-refractivity contribution in [1.82, 2.24) is 4.90 Å². The molecule has 2 aliphatic heterocycles. The second-order valence-electron chi connectivity index (χ2n) is 6.41. The summed E-state index contributed by atoms with van der Waals surface area (Å²) in [5.74, 6) is -0.159. The summed E-state index contributed by atoms with van der Waals surface area (Å²) in [7, 11) is 0. The van der Waals surface area contributed by atoms with Crippen LogP contribution in [0.15, 0.2) is 65.7 Å². The zero-order valence-corrected chi connectivity index (χ0v) is 15.6. The Balaban J connectivity index is 1.83. The Labute approximate surface area is 161 Å². The number of rotatable bonds is 3. The van der Waals surface area contributed by atoms with E-state index in [2.05, 4.69) is 4.99 Å². The maximum atomic E-state index is 13.5. The van der Waals surface area contributed by atoms with Crippen molar-refractivity contribution in [2.24, 2.45) is 4.99 Å². The molecule has 2 aromatic rings. The molecule has 3 nitrogen and oxygen atoms in total. The minimum atomic E-state index is -1.16. The van der Waals surface area contributed by atoms with Crippen molar-refractivity contribution in [3.8, 4) is 0 Å². The number of thioether (sulfide) groups is 1. The number of amidine groups is 1. The van der Waals surface area contributed by atoms with Crippen LogP contribution in [0.3, 0.4) is 0 Å². The lowest BCUT2D eigenvalue weighted by Crippen LogP contribution is -2.52. The molecule has 0 amide bonds. The zero-order chi connectivity index (χ0) is 18.1. The molecule has 1 fully saturated rings. The van der Waals surface area contributed by atoms with Gasteiger partial charge in [0.05, 0.1) is 18.2 Å². The molecule has 1 N–H and O–H groups in total. The molecule has 1 saturated heterocycles. The summed E-state index contributed by atoms with van der Waals surface area (Å²) in [4.78, 5) is 6.50. The summed E-state index contributed by atoms with van der Waals surface area (Å²) in [5, 5.41) is 13.3. The van der Waals surface area contributed by atoms with E-state index < -0.39 is 5.72 Å². The van der Waals surface area contributed by atoms with Crippen LogP contribution in [0.5, 0.6) is 0 Å². The van der Waals surface area contributed by atoms with E-state index in [1.165, 1.54) is 12.1 Å². The van der Waals surface area contributed by atoms with Crippen molar-refractivity contribution < 1.29 is 9.50 Å². The number of halogens is 2. The maximum absolute atomic E-state index is 13.5. The molecule has 2 aromatic carbocycles. The topological polar surface area (TPSA) is 35.8 Å². The third kappa shape index (κ3) is 3.15. The van der Waals surface area contributed by atoms with Crippen molar-refractivity contribution in [3.63, 3.8) is 0 Å². The SMILES string of the molecule is OC1(C(c2ccc(F)cc2)c2ccc(Cl)cc2)CSC2=NCC=CCN21. The van der Waals surface area contributed by atoms with Crippen LogP contribution in [0.1, 0.15) is 17.0 Å². The van der Waals surface area contributed by atoms with Gasteiger partial charge >= 0.3 is 0 Å². The van der Waals surface area contributed by atoms with E-state index in [4.69, 9.17) is 11.6 Å². The number of hydrogen-bond donors (Lipinski definition) is 1. The molecule has 2 atom stereocenters. The van der Waals surface area contributed by atoms with E-state index in [1.807, 2.05) is 41.3 Å². The molecule has 2 aliphatic rings. The Morgan fingerprint density at radius 1 is 1.08 bits per heavy atom. The van der Waals surface area contributed by atoms with E-state index in [0.29, 0.717) is 23.9 Å². The van der Waals surface area contributed by atoms with E-state index >= 15 is 0 Å². The average Bonchev–Trinajstić information content (AvgIpc) is 2.82. The summed E-state index contributed by atoms with van der Waals surface area (Å²) < 4.78 is 13.5. The monoisotopic (exact) mass is 388 g/mol. The van der Waals surface area contributed by atoms with Gasteiger partial charge in [0.25, 0.3) is 0 Å². The summed E-state index contributed by atoms with van der Waals surface area (Å²) >= 11 is 7.61.